The van der Waals surface area contributed by atoms with Crippen LogP contribution >= 0.6 is 43.5 Å². The summed E-state index contributed by atoms with van der Waals surface area (Å²) in [5.74, 6) is -0.515. The van der Waals surface area contributed by atoms with E-state index >= 15 is 0 Å². The summed E-state index contributed by atoms with van der Waals surface area (Å²) in [4.78, 5) is 24.8. The van der Waals surface area contributed by atoms with Gasteiger partial charge in [0.25, 0.3) is 11.8 Å². The number of ether oxygens (including phenoxy) is 1. The van der Waals surface area contributed by atoms with E-state index in [0.717, 1.165) is 11.0 Å². The Hall–Kier alpha value is -1.09. The molecule has 22 heavy (non-hydrogen) atoms. The number of aliphatic hydroxyl groups excluding tert-OH is 1. The predicted octanol–water partition coefficient (Wildman–Crippen LogP) is 2.53. The summed E-state index contributed by atoms with van der Waals surface area (Å²) in [6.07, 6.45) is 1.16. The maximum Gasteiger partial charge on any atom is 0.277 e. The van der Waals surface area contributed by atoms with E-state index in [-0.39, 0.29) is 18.8 Å². The van der Waals surface area contributed by atoms with Gasteiger partial charge in [0.05, 0.1) is 39.9 Å². The Bertz CT molecular complexity index is 678. The molecule has 118 valence electrons. The summed E-state index contributed by atoms with van der Waals surface area (Å²) < 4.78 is 6.39. The van der Waals surface area contributed by atoms with Gasteiger partial charge in [0.15, 0.2) is 0 Å². The highest BCUT2D eigenvalue weighted by Crippen LogP contribution is 2.44. The van der Waals surface area contributed by atoms with Gasteiger partial charge in [-0.05, 0) is 37.9 Å². The minimum atomic E-state index is -0.524. The quantitative estimate of drug-likeness (QED) is 0.669. The monoisotopic (exact) mass is 452 g/mol. The van der Waals surface area contributed by atoms with Crippen molar-refractivity contribution in [1.82, 2.24) is 4.90 Å². The highest BCUT2D eigenvalue weighted by atomic mass is 79.9. The van der Waals surface area contributed by atoms with Gasteiger partial charge in [-0.2, -0.15) is 0 Å². The number of nitrogens with zero attached hydrogens (tertiary/aromatic N) is 1. The van der Waals surface area contributed by atoms with Crippen molar-refractivity contribution in [3.05, 3.63) is 31.8 Å². The van der Waals surface area contributed by atoms with Crippen molar-refractivity contribution in [2.75, 3.05) is 25.6 Å². The third-order valence-electron chi connectivity index (χ3n) is 2.92. The van der Waals surface area contributed by atoms with Crippen LogP contribution < -0.4 is 10.1 Å². The fourth-order valence-corrected chi connectivity index (χ4v) is 3.96. The summed E-state index contributed by atoms with van der Waals surface area (Å²) in [6.45, 7) is -0.354. The van der Waals surface area contributed by atoms with Crippen molar-refractivity contribution < 1.29 is 19.4 Å². The lowest BCUT2D eigenvalue weighted by Gasteiger charge is -2.16. The number of hydrogen-bond donors (Lipinski definition) is 2. The molecule has 0 aromatic heterocycles. The van der Waals surface area contributed by atoms with Crippen LogP contribution in [0.2, 0.25) is 5.02 Å². The molecule has 0 spiro atoms. The Morgan fingerprint density at radius 1 is 1.41 bits per heavy atom. The van der Waals surface area contributed by atoms with E-state index in [2.05, 4.69) is 37.2 Å². The van der Waals surface area contributed by atoms with Gasteiger partial charge >= 0.3 is 0 Å². The molecule has 0 saturated heterocycles. The number of halogens is 3. The number of β-amino-alcohol motifs (C(OH)–C–C–N with tert-alkyl or cyclic N) is 1. The molecule has 1 aliphatic heterocycles. The predicted molar refractivity (Wildman–Crippen MR) is 88.9 cm³/mol. The van der Waals surface area contributed by atoms with Crippen LogP contribution in [0.5, 0.6) is 5.75 Å². The highest BCUT2D eigenvalue weighted by molar-refractivity contribution is 9.11. The molecule has 0 atom stereocenters. The fourth-order valence-electron chi connectivity index (χ4n) is 1.92. The van der Waals surface area contributed by atoms with Crippen LogP contribution in [-0.2, 0) is 9.59 Å². The number of rotatable bonds is 5. The summed E-state index contributed by atoms with van der Waals surface area (Å²) in [7, 11) is 1.50. The largest absolute Gasteiger partial charge is 0.494 e. The van der Waals surface area contributed by atoms with Crippen molar-refractivity contribution in [3.63, 3.8) is 0 Å². The van der Waals surface area contributed by atoms with Gasteiger partial charge in [0.1, 0.15) is 11.4 Å². The van der Waals surface area contributed by atoms with Crippen LogP contribution in [0, 0.1) is 0 Å². The third-order valence-corrected chi connectivity index (χ3v) is 4.57. The number of carbonyl (C=O) groups is 2. The normalized spacial score (nSPS) is 14.4. The van der Waals surface area contributed by atoms with Gasteiger partial charge < -0.3 is 15.2 Å². The number of aliphatic hydroxyl groups is 1. The maximum absolute atomic E-state index is 12.1. The number of amides is 2. The molecule has 0 fully saturated rings. The van der Waals surface area contributed by atoms with Crippen LogP contribution in [0.1, 0.15) is 0 Å². The molecular weight excluding hydrogens is 443 g/mol. The van der Waals surface area contributed by atoms with Crippen molar-refractivity contribution in [3.8, 4) is 5.75 Å². The molecule has 9 heteroatoms. The second kappa shape index (κ2) is 6.99. The zero-order valence-corrected chi connectivity index (χ0v) is 15.2. The van der Waals surface area contributed by atoms with E-state index in [9.17, 15) is 9.59 Å². The number of hydrogen-bond acceptors (Lipinski definition) is 5. The first kappa shape index (κ1) is 17.3. The lowest BCUT2D eigenvalue weighted by molar-refractivity contribution is -0.137. The van der Waals surface area contributed by atoms with Gasteiger partial charge in [0.2, 0.25) is 0 Å². The second-order valence-electron chi connectivity index (χ2n) is 4.26. The minimum absolute atomic E-state index is 0.0576. The SMILES string of the molecule is COc1c(Br)cc(Cl)c(NC2=CC(=O)N(CCO)C2=O)c1Br. The Morgan fingerprint density at radius 2 is 2.09 bits per heavy atom. The number of nitrogens with one attached hydrogen (secondary N) is 1. The zero-order valence-electron chi connectivity index (χ0n) is 11.3. The molecule has 2 rings (SSSR count). The number of imide groups is 1. The Labute approximate surface area is 148 Å². The van der Waals surface area contributed by atoms with E-state index in [1.807, 2.05) is 0 Å². The standard InChI is InChI=1S/C13H11Br2ClN2O4/c1-22-12-6(14)4-7(16)11(10(12)15)17-8-5-9(20)18(2-3-19)13(8)21/h4-5,17,19H,2-3H2,1H3. The molecule has 1 aliphatic rings. The first-order valence-electron chi connectivity index (χ1n) is 6.07. The molecule has 2 N–H and O–H groups in total. The smallest absolute Gasteiger partial charge is 0.277 e. The Morgan fingerprint density at radius 3 is 2.68 bits per heavy atom. The van der Waals surface area contributed by atoms with Crippen LogP contribution in [0.3, 0.4) is 0 Å². The van der Waals surface area contributed by atoms with Gasteiger partial charge in [0, 0.05) is 6.08 Å². The van der Waals surface area contributed by atoms with E-state index < -0.39 is 11.8 Å². The van der Waals surface area contributed by atoms with Crippen molar-refractivity contribution in [2.24, 2.45) is 0 Å². The zero-order chi connectivity index (χ0) is 16.4. The number of methoxy groups -OCH3 is 1. The van der Waals surface area contributed by atoms with E-state index in [1.54, 1.807) is 6.07 Å². The summed E-state index contributed by atoms with van der Waals surface area (Å²) >= 11 is 12.8. The molecule has 2 amide bonds. The van der Waals surface area contributed by atoms with Gasteiger partial charge in [-0.15, -0.1) is 0 Å². The molecule has 0 radical (unpaired) electrons. The second-order valence-corrected chi connectivity index (χ2v) is 6.32. The molecule has 6 nitrogen and oxygen atoms in total. The molecule has 1 aromatic carbocycles. The van der Waals surface area contributed by atoms with E-state index in [4.69, 9.17) is 21.4 Å². The van der Waals surface area contributed by atoms with Gasteiger partial charge in [-0.25, -0.2) is 0 Å². The molecule has 0 saturated carbocycles. The molecule has 0 unspecified atom stereocenters. The van der Waals surface area contributed by atoms with Crippen LogP contribution in [0.25, 0.3) is 0 Å². The van der Waals surface area contributed by atoms with Crippen LogP contribution in [0.15, 0.2) is 26.8 Å². The first-order valence-corrected chi connectivity index (χ1v) is 8.04. The van der Waals surface area contributed by atoms with Crippen molar-refractivity contribution >= 4 is 61.0 Å². The first-order chi connectivity index (χ1) is 10.4. The molecule has 0 aliphatic carbocycles. The molecular formula is C13H11Br2ClN2O4. The highest BCUT2D eigenvalue weighted by Gasteiger charge is 2.31. The Kier molecular flexibility index (Phi) is 5.49. The maximum atomic E-state index is 12.1. The van der Waals surface area contributed by atoms with Crippen molar-refractivity contribution in [2.45, 2.75) is 0 Å². The minimum Gasteiger partial charge on any atom is -0.494 e. The van der Waals surface area contributed by atoms with Crippen molar-refractivity contribution in [1.29, 1.82) is 0 Å². The topological polar surface area (TPSA) is 78.9 Å². The molecule has 0 bridgehead atoms. The summed E-state index contributed by atoms with van der Waals surface area (Å²) in [5.41, 5.74) is 0.477. The third kappa shape index (κ3) is 3.15. The summed E-state index contributed by atoms with van der Waals surface area (Å²) in [6, 6.07) is 1.61. The van der Waals surface area contributed by atoms with E-state index in [1.165, 1.54) is 7.11 Å². The fraction of sp³-hybridized carbons (Fsp3) is 0.231. The molecule has 1 aromatic rings. The summed E-state index contributed by atoms with van der Waals surface area (Å²) in [5, 5.41) is 12.1. The van der Waals surface area contributed by atoms with Gasteiger partial charge in [-0.3, -0.25) is 14.5 Å². The molecule has 1 heterocycles. The Balaban J connectivity index is 2.35. The van der Waals surface area contributed by atoms with Crippen LogP contribution in [0.4, 0.5) is 5.69 Å². The van der Waals surface area contributed by atoms with Gasteiger partial charge in [-0.1, -0.05) is 11.6 Å². The average Bonchev–Trinajstić information content (AvgIpc) is 2.71. The number of anilines is 1. The van der Waals surface area contributed by atoms with E-state index in [0.29, 0.717) is 25.4 Å². The average molecular weight is 455 g/mol. The van der Waals surface area contributed by atoms with Crippen LogP contribution in [-0.4, -0.2) is 42.1 Å². The lowest BCUT2D eigenvalue weighted by Crippen LogP contribution is -2.34. The number of carbonyl (C=O) groups excluding carboxylic acids is 2. The number of benzene rings is 1. The lowest BCUT2D eigenvalue weighted by atomic mass is 10.2.